The summed E-state index contributed by atoms with van der Waals surface area (Å²) < 4.78 is 50.8. The lowest BCUT2D eigenvalue weighted by Gasteiger charge is -2.12. The zero-order valence-electron chi connectivity index (χ0n) is 10.1. The molecule has 0 radical (unpaired) electrons. The van der Waals surface area contributed by atoms with Gasteiger partial charge in [0.05, 0.1) is 15.7 Å². The molecule has 1 atom stereocenters. The van der Waals surface area contributed by atoms with Gasteiger partial charge in [0.15, 0.2) is 0 Å². The highest BCUT2D eigenvalue weighted by Gasteiger charge is 2.32. The lowest BCUT2D eigenvalue weighted by molar-refractivity contribution is -0.275. The van der Waals surface area contributed by atoms with Crippen molar-refractivity contribution in [3.63, 3.8) is 0 Å². The molecule has 0 N–H and O–H groups in total. The lowest BCUT2D eigenvalue weighted by Crippen LogP contribution is -2.18. The van der Waals surface area contributed by atoms with E-state index >= 15 is 0 Å². The second-order valence-corrected chi connectivity index (χ2v) is 4.30. The fourth-order valence-corrected chi connectivity index (χ4v) is 1.79. The highest BCUT2D eigenvalue weighted by molar-refractivity contribution is 7.84. The molecule has 0 spiro atoms. The van der Waals surface area contributed by atoms with E-state index in [0.717, 1.165) is 5.56 Å². The first kappa shape index (κ1) is 16.0. The van der Waals surface area contributed by atoms with Gasteiger partial charge in [0.25, 0.3) is 0 Å². The Morgan fingerprint density at radius 2 is 1.76 bits per heavy atom. The van der Waals surface area contributed by atoms with Crippen LogP contribution in [0.2, 0.25) is 0 Å². The summed E-state index contributed by atoms with van der Waals surface area (Å²) in [6.07, 6.45) is -3.46. The standard InChI is InChI=1S/C9H9F3O2S.C2H6/c1-6-3-4-7(14-9(10,11)12)8(5-6)15(2)13;1-2/h3-5H,1-2H3;1-2H3. The summed E-state index contributed by atoms with van der Waals surface area (Å²) in [7, 11) is -1.51. The molecule has 1 rings (SSSR count). The third kappa shape index (κ3) is 5.72. The number of rotatable bonds is 2. The summed E-state index contributed by atoms with van der Waals surface area (Å²) in [4.78, 5) is 0.0484. The molecule has 98 valence electrons. The molecule has 2 nitrogen and oxygen atoms in total. The van der Waals surface area contributed by atoms with E-state index in [2.05, 4.69) is 4.74 Å². The smallest absolute Gasteiger partial charge is 0.404 e. The average Bonchev–Trinajstić information content (AvgIpc) is 2.21. The first-order chi connectivity index (χ1) is 7.79. The molecule has 0 aliphatic heterocycles. The normalized spacial score (nSPS) is 12.4. The van der Waals surface area contributed by atoms with E-state index in [-0.39, 0.29) is 4.90 Å². The van der Waals surface area contributed by atoms with Crippen LogP contribution in [0.25, 0.3) is 0 Å². The van der Waals surface area contributed by atoms with Gasteiger partial charge < -0.3 is 4.74 Å². The summed E-state index contributed by atoms with van der Waals surface area (Å²) in [5.74, 6) is -0.408. The Bertz CT molecular complexity index is 389. The highest BCUT2D eigenvalue weighted by atomic mass is 32.2. The molecule has 0 bridgehead atoms. The molecule has 0 aliphatic rings. The van der Waals surface area contributed by atoms with Gasteiger partial charge in [-0.1, -0.05) is 19.9 Å². The van der Waals surface area contributed by atoms with Crippen molar-refractivity contribution in [2.24, 2.45) is 0 Å². The molecule has 1 unspecified atom stereocenters. The van der Waals surface area contributed by atoms with Crippen LogP contribution in [0.4, 0.5) is 13.2 Å². The van der Waals surface area contributed by atoms with Gasteiger partial charge in [-0.2, -0.15) is 0 Å². The van der Waals surface area contributed by atoms with E-state index in [1.54, 1.807) is 6.92 Å². The van der Waals surface area contributed by atoms with Crippen molar-refractivity contribution < 1.29 is 22.1 Å². The van der Waals surface area contributed by atoms with Gasteiger partial charge in [-0.15, -0.1) is 13.2 Å². The largest absolute Gasteiger partial charge is 0.573 e. The summed E-state index contributed by atoms with van der Waals surface area (Å²) in [5, 5.41) is 0. The predicted octanol–water partition coefficient (Wildman–Crippen LogP) is 3.66. The van der Waals surface area contributed by atoms with Gasteiger partial charge in [0.2, 0.25) is 0 Å². The van der Waals surface area contributed by atoms with Gasteiger partial charge in [-0.3, -0.25) is 4.21 Å². The Kier molecular flexibility index (Phi) is 6.23. The third-order valence-electron chi connectivity index (χ3n) is 1.63. The van der Waals surface area contributed by atoms with E-state index in [9.17, 15) is 17.4 Å². The van der Waals surface area contributed by atoms with Gasteiger partial charge in [-0.05, 0) is 24.6 Å². The van der Waals surface area contributed by atoms with Crippen LogP contribution in [0.1, 0.15) is 19.4 Å². The summed E-state index contributed by atoms with van der Waals surface area (Å²) in [6.45, 7) is 5.70. The minimum Gasteiger partial charge on any atom is -0.404 e. The number of benzene rings is 1. The van der Waals surface area contributed by atoms with Crippen LogP contribution in [0.5, 0.6) is 5.75 Å². The van der Waals surface area contributed by atoms with Gasteiger partial charge in [-0.25, -0.2) is 0 Å². The number of aryl methyl sites for hydroxylation is 1. The molecule has 0 saturated heterocycles. The van der Waals surface area contributed by atoms with Crippen molar-refractivity contribution in [1.82, 2.24) is 0 Å². The predicted molar refractivity (Wildman–Crippen MR) is 61.5 cm³/mol. The zero-order valence-corrected chi connectivity index (χ0v) is 10.9. The molecule has 6 heteroatoms. The molecule has 0 saturated carbocycles. The van der Waals surface area contributed by atoms with Crippen molar-refractivity contribution in [1.29, 1.82) is 0 Å². The summed E-state index contributed by atoms with van der Waals surface area (Å²) in [6, 6.07) is 4.05. The average molecular weight is 268 g/mol. The van der Waals surface area contributed by atoms with Crippen molar-refractivity contribution in [2.75, 3.05) is 6.26 Å². The maximum absolute atomic E-state index is 12.0. The van der Waals surface area contributed by atoms with E-state index < -0.39 is 22.9 Å². The van der Waals surface area contributed by atoms with Crippen LogP contribution in [-0.4, -0.2) is 16.8 Å². The fourth-order valence-electron chi connectivity index (χ4n) is 1.05. The molecule has 17 heavy (non-hydrogen) atoms. The zero-order chi connectivity index (χ0) is 13.6. The number of halogens is 3. The van der Waals surface area contributed by atoms with Crippen LogP contribution in [0.3, 0.4) is 0 Å². The summed E-state index contributed by atoms with van der Waals surface area (Å²) in [5.41, 5.74) is 0.731. The molecule has 0 fully saturated rings. The number of hydrogen-bond acceptors (Lipinski definition) is 2. The fraction of sp³-hybridized carbons (Fsp3) is 0.455. The third-order valence-corrected chi connectivity index (χ3v) is 2.57. The maximum atomic E-state index is 12.0. The van der Waals surface area contributed by atoms with Crippen LogP contribution in [0, 0.1) is 6.92 Å². The van der Waals surface area contributed by atoms with E-state index in [0.29, 0.717) is 0 Å². The van der Waals surface area contributed by atoms with Crippen molar-refractivity contribution >= 4 is 10.8 Å². The first-order valence-electron chi connectivity index (χ1n) is 4.99. The minimum atomic E-state index is -4.76. The lowest BCUT2D eigenvalue weighted by atomic mass is 10.2. The van der Waals surface area contributed by atoms with Gasteiger partial charge in [0.1, 0.15) is 5.75 Å². The Morgan fingerprint density at radius 1 is 1.24 bits per heavy atom. The summed E-state index contributed by atoms with van der Waals surface area (Å²) >= 11 is 0. The molecule has 0 amide bonds. The molecule has 1 aromatic carbocycles. The quantitative estimate of drug-likeness (QED) is 0.818. The topological polar surface area (TPSA) is 26.3 Å². The van der Waals surface area contributed by atoms with Crippen molar-refractivity contribution in [3.05, 3.63) is 23.8 Å². The highest BCUT2D eigenvalue weighted by Crippen LogP contribution is 2.28. The molecule has 1 aromatic rings. The van der Waals surface area contributed by atoms with Gasteiger partial charge in [0, 0.05) is 6.26 Å². The van der Waals surface area contributed by atoms with E-state index in [1.165, 1.54) is 24.5 Å². The number of hydrogen-bond donors (Lipinski definition) is 0. The molecular weight excluding hydrogens is 253 g/mol. The number of alkyl halides is 3. The number of ether oxygens (including phenoxy) is 1. The van der Waals surface area contributed by atoms with Crippen LogP contribution in [-0.2, 0) is 10.8 Å². The van der Waals surface area contributed by atoms with E-state index in [1.807, 2.05) is 13.8 Å². The van der Waals surface area contributed by atoms with Crippen LogP contribution < -0.4 is 4.74 Å². The second-order valence-electron chi connectivity index (χ2n) is 2.95. The second kappa shape index (κ2) is 6.64. The van der Waals surface area contributed by atoms with Crippen LogP contribution in [0.15, 0.2) is 23.1 Å². The van der Waals surface area contributed by atoms with Crippen molar-refractivity contribution in [2.45, 2.75) is 32.0 Å². The molecule has 0 aromatic heterocycles. The molecule has 0 heterocycles. The van der Waals surface area contributed by atoms with Gasteiger partial charge >= 0.3 is 6.36 Å². The Morgan fingerprint density at radius 3 is 2.18 bits per heavy atom. The minimum absolute atomic E-state index is 0.0484. The van der Waals surface area contributed by atoms with Crippen LogP contribution >= 0.6 is 0 Å². The SMILES string of the molecule is CC.Cc1ccc(OC(F)(F)F)c(S(C)=O)c1. The van der Waals surface area contributed by atoms with E-state index in [4.69, 9.17) is 0 Å². The maximum Gasteiger partial charge on any atom is 0.573 e. The first-order valence-corrected chi connectivity index (χ1v) is 6.55. The Labute approximate surface area is 101 Å². The van der Waals surface area contributed by atoms with Crippen molar-refractivity contribution in [3.8, 4) is 5.75 Å². The monoisotopic (exact) mass is 268 g/mol. The molecular formula is C11H15F3O2S. The molecule has 0 aliphatic carbocycles. The Hall–Kier alpha value is -1.04. The Balaban J connectivity index is 0.00000121.